The third-order valence-corrected chi connectivity index (χ3v) is 2.84. The van der Waals surface area contributed by atoms with E-state index in [0.29, 0.717) is 0 Å². The van der Waals surface area contributed by atoms with E-state index in [9.17, 15) is 17.4 Å². The van der Waals surface area contributed by atoms with Crippen LogP contribution in [0.2, 0.25) is 5.02 Å². The van der Waals surface area contributed by atoms with Gasteiger partial charge >= 0.3 is 6.18 Å². The molecule has 90 valence electrons. The van der Waals surface area contributed by atoms with Crippen LogP contribution in [0.5, 0.6) is 0 Å². The smallest absolute Gasteiger partial charge is 0.306 e. The lowest BCUT2D eigenvalue weighted by molar-refractivity contribution is -0.137. The third-order valence-electron chi connectivity index (χ3n) is 1.92. The van der Waals surface area contributed by atoms with Crippen molar-refractivity contribution in [2.24, 2.45) is 0 Å². The van der Waals surface area contributed by atoms with Gasteiger partial charge in [0.1, 0.15) is 0 Å². The third kappa shape index (κ3) is 3.77. The van der Waals surface area contributed by atoms with Crippen molar-refractivity contribution in [2.75, 3.05) is 5.75 Å². The fourth-order valence-electron chi connectivity index (χ4n) is 1.14. The minimum Gasteiger partial charge on any atom is -0.306 e. The second-order valence-corrected chi connectivity index (χ2v) is 4.54. The summed E-state index contributed by atoms with van der Waals surface area (Å²) in [5, 5.41) is 0.165. The van der Waals surface area contributed by atoms with Crippen molar-refractivity contribution in [2.45, 2.75) is 12.6 Å². The number of alkyl halides is 3. The quantitative estimate of drug-likeness (QED) is 0.859. The summed E-state index contributed by atoms with van der Waals surface area (Å²) in [6.07, 6.45) is -4.40. The van der Waals surface area contributed by atoms with Crippen LogP contribution in [-0.2, 0) is 23.7 Å². The van der Waals surface area contributed by atoms with Gasteiger partial charge in [0.15, 0.2) is 11.1 Å². The van der Waals surface area contributed by atoms with Crippen LogP contribution in [0, 0.1) is 0 Å². The fraction of sp³-hybridized carbons (Fsp3) is 0.333. The van der Waals surface area contributed by atoms with E-state index in [1.54, 1.807) is 0 Å². The van der Waals surface area contributed by atoms with E-state index in [1.807, 2.05) is 0 Å². The van der Waals surface area contributed by atoms with Crippen LogP contribution in [0.25, 0.3) is 0 Å². The molecular formula is C9H8ClF3O2S. The summed E-state index contributed by atoms with van der Waals surface area (Å²) in [6, 6.07) is 2.91. The zero-order valence-electron chi connectivity index (χ0n) is 7.92. The Bertz CT molecular complexity index is 406. The summed E-state index contributed by atoms with van der Waals surface area (Å²) in [6.45, 7) is 0. The summed E-state index contributed by atoms with van der Waals surface area (Å²) in [4.78, 5) is 0. The Hall–Kier alpha value is -0.590. The molecule has 1 N–H and O–H groups in total. The highest BCUT2D eigenvalue weighted by molar-refractivity contribution is 7.79. The SMILES string of the molecule is O=S(O)CCc1cc(C(F)(F)F)ccc1Cl. The molecule has 0 fully saturated rings. The lowest BCUT2D eigenvalue weighted by Crippen LogP contribution is -2.07. The van der Waals surface area contributed by atoms with Gasteiger partial charge in [0.25, 0.3) is 0 Å². The Morgan fingerprint density at radius 2 is 2.00 bits per heavy atom. The molecule has 0 saturated carbocycles. The predicted molar refractivity (Wildman–Crippen MR) is 55.8 cm³/mol. The lowest BCUT2D eigenvalue weighted by atomic mass is 10.1. The van der Waals surface area contributed by atoms with E-state index in [4.69, 9.17) is 16.2 Å². The number of hydrogen-bond donors (Lipinski definition) is 1. The second kappa shape index (κ2) is 5.16. The van der Waals surface area contributed by atoms with E-state index in [2.05, 4.69) is 0 Å². The van der Waals surface area contributed by atoms with Crippen LogP contribution in [0.15, 0.2) is 18.2 Å². The van der Waals surface area contributed by atoms with Gasteiger partial charge in [0.2, 0.25) is 0 Å². The molecule has 0 aliphatic carbocycles. The molecule has 1 atom stereocenters. The molecular weight excluding hydrogens is 265 g/mol. The largest absolute Gasteiger partial charge is 0.416 e. The standard InChI is InChI=1S/C9H8ClF3O2S/c10-8-2-1-7(9(11,12)13)5-6(8)3-4-16(14)15/h1-2,5H,3-4H2,(H,14,15). The van der Waals surface area contributed by atoms with Crippen molar-refractivity contribution in [1.82, 2.24) is 0 Å². The molecule has 1 rings (SSSR count). The van der Waals surface area contributed by atoms with Gasteiger partial charge in [-0.3, -0.25) is 0 Å². The summed E-state index contributed by atoms with van der Waals surface area (Å²) in [5.74, 6) is -0.138. The molecule has 0 saturated heterocycles. The van der Waals surface area contributed by atoms with Gasteiger partial charge in [-0.15, -0.1) is 0 Å². The first-order chi connectivity index (χ1) is 7.30. The van der Waals surface area contributed by atoms with E-state index < -0.39 is 22.8 Å². The molecule has 1 unspecified atom stereocenters. The summed E-state index contributed by atoms with van der Waals surface area (Å²) < 4.78 is 56.0. The van der Waals surface area contributed by atoms with Crippen LogP contribution >= 0.6 is 11.6 Å². The summed E-state index contributed by atoms with van der Waals surface area (Å²) >= 11 is 3.64. The maximum Gasteiger partial charge on any atom is 0.416 e. The van der Waals surface area contributed by atoms with Gasteiger partial charge < -0.3 is 4.55 Å². The maximum absolute atomic E-state index is 12.3. The average Bonchev–Trinajstić information content (AvgIpc) is 2.14. The Morgan fingerprint density at radius 3 is 2.50 bits per heavy atom. The van der Waals surface area contributed by atoms with Crippen molar-refractivity contribution >= 4 is 22.7 Å². The van der Waals surface area contributed by atoms with Crippen molar-refractivity contribution < 1.29 is 21.9 Å². The molecule has 0 aromatic heterocycles. The first-order valence-corrected chi connectivity index (χ1v) is 5.89. The van der Waals surface area contributed by atoms with E-state index in [-0.39, 0.29) is 22.8 Å². The first kappa shape index (κ1) is 13.5. The topological polar surface area (TPSA) is 37.3 Å². The molecule has 0 amide bonds. The molecule has 1 aromatic carbocycles. The monoisotopic (exact) mass is 272 g/mol. The minimum absolute atomic E-state index is 0.0336. The molecule has 0 heterocycles. The number of benzene rings is 1. The molecule has 0 bridgehead atoms. The Morgan fingerprint density at radius 1 is 1.38 bits per heavy atom. The van der Waals surface area contributed by atoms with Gasteiger partial charge in [-0.25, -0.2) is 4.21 Å². The zero-order valence-corrected chi connectivity index (χ0v) is 9.49. The van der Waals surface area contributed by atoms with E-state index in [0.717, 1.165) is 18.2 Å². The van der Waals surface area contributed by atoms with Gasteiger partial charge in [0.05, 0.1) is 11.3 Å². The summed E-state index contributed by atoms with van der Waals surface area (Å²) in [5.41, 5.74) is -0.588. The number of hydrogen-bond acceptors (Lipinski definition) is 1. The van der Waals surface area contributed by atoms with Crippen molar-refractivity contribution in [3.05, 3.63) is 34.3 Å². The highest BCUT2D eigenvalue weighted by Crippen LogP contribution is 2.31. The Kier molecular flexibility index (Phi) is 4.35. The Balaban J connectivity index is 2.95. The van der Waals surface area contributed by atoms with Crippen molar-refractivity contribution in [3.8, 4) is 0 Å². The number of halogens is 4. The molecule has 7 heteroatoms. The number of rotatable bonds is 3. The molecule has 1 aromatic rings. The molecule has 2 nitrogen and oxygen atoms in total. The fourth-order valence-corrected chi connectivity index (χ4v) is 1.75. The van der Waals surface area contributed by atoms with Crippen LogP contribution in [0.3, 0.4) is 0 Å². The van der Waals surface area contributed by atoms with Crippen molar-refractivity contribution in [3.63, 3.8) is 0 Å². The highest BCUT2D eigenvalue weighted by atomic mass is 35.5. The lowest BCUT2D eigenvalue weighted by Gasteiger charge is -2.09. The van der Waals surface area contributed by atoms with Gasteiger partial charge in [-0.05, 0) is 30.2 Å². The minimum atomic E-state index is -4.43. The zero-order chi connectivity index (χ0) is 12.3. The van der Waals surface area contributed by atoms with Gasteiger partial charge in [-0.1, -0.05) is 11.6 Å². The van der Waals surface area contributed by atoms with Crippen LogP contribution in [0.1, 0.15) is 11.1 Å². The second-order valence-electron chi connectivity index (χ2n) is 3.08. The van der Waals surface area contributed by atoms with Gasteiger partial charge in [0, 0.05) is 5.02 Å². The highest BCUT2D eigenvalue weighted by Gasteiger charge is 2.30. The molecule has 16 heavy (non-hydrogen) atoms. The summed E-state index contributed by atoms with van der Waals surface area (Å²) in [7, 11) is 0. The first-order valence-electron chi connectivity index (χ1n) is 4.24. The number of aryl methyl sites for hydroxylation is 1. The van der Waals surface area contributed by atoms with Crippen LogP contribution in [0.4, 0.5) is 13.2 Å². The maximum atomic E-state index is 12.3. The van der Waals surface area contributed by atoms with Crippen LogP contribution in [-0.4, -0.2) is 14.5 Å². The molecule has 0 radical (unpaired) electrons. The van der Waals surface area contributed by atoms with E-state index in [1.165, 1.54) is 0 Å². The van der Waals surface area contributed by atoms with Crippen molar-refractivity contribution in [1.29, 1.82) is 0 Å². The normalized spacial score (nSPS) is 13.8. The predicted octanol–water partition coefficient (Wildman–Crippen LogP) is 3.12. The average molecular weight is 273 g/mol. The van der Waals surface area contributed by atoms with E-state index >= 15 is 0 Å². The van der Waals surface area contributed by atoms with Crippen LogP contribution < -0.4 is 0 Å². The molecule has 0 aliphatic heterocycles. The van der Waals surface area contributed by atoms with Gasteiger partial charge in [-0.2, -0.15) is 13.2 Å². The molecule has 0 spiro atoms. The Labute approximate surface area is 97.7 Å². The molecule has 0 aliphatic rings.